The van der Waals surface area contributed by atoms with Gasteiger partial charge in [0.25, 0.3) is 5.91 Å². The van der Waals surface area contributed by atoms with E-state index >= 15 is 0 Å². The smallest absolute Gasteiger partial charge is 0.254 e. The number of aromatic nitrogens is 2. The van der Waals surface area contributed by atoms with Gasteiger partial charge in [0, 0.05) is 24.1 Å². The number of carbonyl (C=O) groups is 1. The molecular formula is C15H18N4O. The van der Waals surface area contributed by atoms with Crippen molar-refractivity contribution in [2.24, 2.45) is 0 Å². The second-order valence-corrected chi connectivity index (χ2v) is 4.57. The minimum atomic E-state index is -0.148. The normalized spacial score (nSPS) is 11.7. The third-order valence-electron chi connectivity index (χ3n) is 2.93. The molecule has 0 saturated carbocycles. The molecule has 1 atom stereocenters. The summed E-state index contributed by atoms with van der Waals surface area (Å²) in [5.74, 6) is 0.321. The van der Waals surface area contributed by atoms with Gasteiger partial charge in [-0.3, -0.25) is 4.79 Å². The maximum atomic E-state index is 11.9. The van der Waals surface area contributed by atoms with Crippen LogP contribution in [0.25, 0.3) is 0 Å². The number of rotatable bonds is 5. The predicted molar refractivity (Wildman–Crippen MR) is 79.0 cm³/mol. The highest BCUT2D eigenvalue weighted by atomic mass is 16.1. The molecule has 2 N–H and O–H groups in total. The van der Waals surface area contributed by atoms with E-state index in [1.165, 1.54) is 12.4 Å². The number of hydrogen-bond acceptors (Lipinski definition) is 4. The zero-order valence-corrected chi connectivity index (χ0v) is 11.6. The molecule has 2 aromatic rings. The maximum Gasteiger partial charge on any atom is 0.254 e. The molecule has 1 aromatic carbocycles. The fraction of sp³-hybridized carbons (Fsp3) is 0.267. The van der Waals surface area contributed by atoms with E-state index in [-0.39, 0.29) is 11.9 Å². The van der Waals surface area contributed by atoms with Crippen molar-refractivity contribution < 1.29 is 4.79 Å². The zero-order valence-electron chi connectivity index (χ0n) is 11.6. The lowest BCUT2D eigenvalue weighted by Crippen LogP contribution is -2.32. The Morgan fingerprint density at radius 2 is 1.85 bits per heavy atom. The first kappa shape index (κ1) is 14.0. The fourth-order valence-electron chi connectivity index (χ4n) is 1.57. The average molecular weight is 270 g/mol. The number of carbonyl (C=O) groups excluding carboxylic acids is 1. The van der Waals surface area contributed by atoms with Crippen molar-refractivity contribution in [1.82, 2.24) is 15.3 Å². The standard InChI is InChI=1S/C15H18N4O/c1-3-11(2)18-14(20)12-9-16-15(17-10-12)19-13-7-5-4-6-8-13/h4-11H,3H2,1-2H3,(H,18,20)(H,16,17,19). The number of hydrogen-bond donors (Lipinski definition) is 2. The SMILES string of the molecule is CCC(C)NC(=O)c1cnc(Nc2ccccc2)nc1. The first-order valence-electron chi connectivity index (χ1n) is 6.64. The molecule has 0 spiro atoms. The predicted octanol–water partition coefficient (Wildman–Crippen LogP) is 2.75. The third kappa shape index (κ3) is 3.78. The summed E-state index contributed by atoms with van der Waals surface area (Å²) in [6, 6.07) is 9.78. The van der Waals surface area contributed by atoms with Gasteiger partial charge in [-0.05, 0) is 25.5 Å². The van der Waals surface area contributed by atoms with Crippen LogP contribution in [-0.2, 0) is 0 Å². The van der Waals surface area contributed by atoms with E-state index in [0.717, 1.165) is 12.1 Å². The van der Waals surface area contributed by atoms with Crippen molar-refractivity contribution >= 4 is 17.5 Å². The Hall–Kier alpha value is -2.43. The largest absolute Gasteiger partial charge is 0.350 e. The molecule has 0 bridgehead atoms. The van der Waals surface area contributed by atoms with E-state index in [4.69, 9.17) is 0 Å². The van der Waals surface area contributed by atoms with Gasteiger partial charge in [-0.1, -0.05) is 25.1 Å². The van der Waals surface area contributed by atoms with Crippen LogP contribution < -0.4 is 10.6 Å². The van der Waals surface area contributed by atoms with E-state index in [1.54, 1.807) is 0 Å². The van der Waals surface area contributed by atoms with Crippen molar-refractivity contribution in [1.29, 1.82) is 0 Å². The summed E-state index contributed by atoms with van der Waals surface area (Å²) in [4.78, 5) is 20.2. The Balaban J connectivity index is 2.01. The molecule has 2 rings (SSSR count). The summed E-state index contributed by atoms with van der Waals surface area (Å²) < 4.78 is 0. The molecule has 1 aromatic heterocycles. The highest BCUT2D eigenvalue weighted by molar-refractivity contribution is 5.93. The second-order valence-electron chi connectivity index (χ2n) is 4.57. The molecule has 1 unspecified atom stereocenters. The van der Waals surface area contributed by atoms with Gasteiger partial charge in [-0.15, -0.1) is 0 Å². The Bertz CT molecular complexity index is 554. The molecule has 0 aliphatic rings. The van der Waals surface area contributed by atoms with E-state index in [0.29, 0.717) is 11.5 Å². The lowest BCUT2D eigenvalue weighted by Gasteiger charge is -2.11. The van der Waals surface area contributed by atoms with Crippen LogP contribution in [-0.4, -0.2) is 21.9 Å². The molecule has 1 heterocycles. The Kier molecular flexibility index (Phi) is 4.65. The number of para-hydroxylation sites is 1. The molecule has 0 saturated heterocycles. The van der Waals surface area contributed by atoms with Gasteiger partial charge >= 0.3 is 0 Å². The molecule has 5 nitrogen and oxygen atoms in total. The van der Waals surface area contributed by atoms with Gasteiger partial charge in [0.05, 0.1) is 5.56 Å². The van der Waals surface area contributed by atoms with Gasteiger partial charge in [0.1, 0.15) is 0 Å². The molecule has 5 heteroatoms. The number of amides is 1. The fourth-order valence-corrected chi connectivity index (χ4v) is 1.57. The molecule has 0 radical (unpaired) electrons. The van der Waals surface area contributed by atoms with E-state index in [2.05, 4.69) is 20.6 Å². The number of nitrogens with zero attached hydrogens (tertiary/aromatic N) is 2. The number of nitrogens with one attached hydrogen (secondary N) is 2. The monoisotopic (exact) mass is 270 g/mol. The molecule has 0 aliphatic carbocycles. The minimum absolute atomic E-state index is 0.143. The van der Waals surface area contributed by atoms with Crippen molar-refractivity contribution in [2.45, 2.75) is 26.3 Å². The van der Waals surface area contributed by atoms with Crippen molar-refractivity contribution in [2.75, 3.05) is 5.32 Å². The summed E-state index contributed by atoms with van der Waals surface area (Å²) in [5.41, 5.74) is 1.37. The number of benzene rings is 1. The molecule has 0 fully saturated rings. The van der Waals surface area contributed by atoms with Crippen molar-refractivity contribution in [3.05, 3.63) is 48.3 Å². The highest BCUT2D eigenvalue weighted by Crippen LogP contribution is 2.11. The summed E-state index contributed by atoms with van der Waals surface area (Å²) >= 11 is 0. The van der Waals surface area contributed by atoms with Crippen LogP contribution in [0, 0.1) is 0 Å². The van der Waals surface area contributed by atoms with Crippen LogP contribution in [0.15, 0.2) is 42.7 Å². The van der Waals surface area contributed by atoms with Crippen molar-refractivity contribution in [3.8, 4) is 0 Å². The van der Waals surface area contributed by atoms with Crippen LogP contribution in [0.4, 0.5) is 11.6 Å². The van der Waals surface area contributed by atoms with Gasteiger partial charge in [-0.25, -0.2) is 9.97 Å². The molecular weight excluding hydrogens is 252 g/mol. The Morgan fingerprint density at radius 3 is 2.45 bits per heavy atom. The lowest BCUT2D eigenvalue weighted by atomic mass is 10.2. The van der Waals surface area contributed by atoms with Gasteiger partial charge < -0.3 is 10.6 Å². The van der Waals surface area contributed by atoms with Crippen LogP contribution in [0.3, 0.4) is 0 Å². The quantitative estimate of drug-likeness (QED) is 0.876. The number of anilines is 2. The maximum absolute atomic E-state index is 11.9. The van der Waals surface area contributed by atoms with Gasteiger partial charge in [-0.2, -0.15) is 0 Å². The Morgan fingerprint density at radius 1 is 1.20 bits per heavy atom. The Labute approximate surface area is 118 Å². The van der Waals surface area contributed by atoms with E-state index in [9.17, 15) is 4.79 Å². The summed E-state index contributed by atoms with van der Waals surface area (Å²) in [7, 11) is 0. The third-order valence-corrected chi connectivity index (χ3v) is 2.93. The first-order chi connectivity index (χ1) is 9.69. The van der Waals surface area contributed by atoms with Gasteiger partial charge in [0.2, 0.25) is 5.95 Å². The zero-order chi connectivity index (χ0) is 14.4. The minimum Gasteiger partial charge on any atom is -0.350 e. The van der Waals surface area contributed by atoms with Crippen molar-refractivity contribution in [3.63, 3.8) is 0 Å². The molecule has 0 aliphatic heterocycles. The topological polar surface area (TPSA) is 66.9 Å². The highest BCUT2D eigenvalue weighted by Gasteiger charge is 2.09. The lowest BCUT2D eigenvalue weighted by molar-refractivity contribution is 0.0938. The van der Waals surface area contributed by atoms with Crippen LogP contribution >= 0.6 is 0 Å². The van der Waals surface area contributed by atoms with Gasteiger partial charge in [0.15, 0.2) is 0 Å². The average Bonchev–Trinajstić information content (AvgIpc) is 2.49. The molecule has 104 valence electrons. The summed E-state index contributed by atoms with van der Waals surface area (Å²) in [6.07, 6.45) is 3.94. The van der Waals surface area contributed by atoms with E-state index in [1.807, 2.05) is 44.2 Å². The van der Waals surface area contributed by atoms with E-state index < -0.39 is 0 Å². The van der Waals surface area contributed by atoms with Crippen LogP contribution in [0.2, 0.25) is 0 Å². The molecule has 20 heavy (non-hydrogen) atoms. The first-order valence-corrected chi connectivity index (χ1v) is 6.64. The summed E-state index contributed by atoms with van der Waals surface area (Å²) in [5, 5.41) is 5.94. The van der Waals surface area contributed by atoms with Crippen LogP contribution in [0.1, 0.15) is 30.6 Å². The van der Waals surface area contributed by atoms with Crippen LogP contribution in [0.5, 0.6) is 0 Å². The second kappa shape index (κ2) is 6.65. The molecule has 1 amide bonds. The summed E-state index contributed by atoms with van der Waals surface area (Å²) in [6.45, 7) is 3.98.